The van der Waals surface area contributed by atoms with Gasteiger partial charge in [-0.3, -0.25) is 14.6 Å². The lowest BCUT2D eigenvalue weighted by atomic mass is 9.96. The van der Waals surface area contributed by atoms with E-state index < -0.39 is 0 Å². The van der Waals surface area contributed by atoms with Crippen molar-refractivity contribution in [2.45, 2.75) is 39.2 Å². The molecule has 1 fully saturated rings. The zero-order chi connectivity index (χ0) is 26.4. The molecule has 0 aliphatic carbocycles. The lowest BCUT2D eigenvalue weighted by molar-refractivity contribution is -0.135. The van der Waals surface area contributed by atoms with Gasteiger partial charge in [0.05, 0.1) is 33.5 Å². The molecule has 0 bridgehead atoms. The number of carbonyl (C=O) groups excluding carboxylic acids is 2. The van der Waals surface area contributed by atoms with Gasteiger partial charge < -0.3 is 23.8 Å². The van der Waals surface area contributed by atoms with E-state index in [-0.39, 0.29) is 17.8 Å². The van der Waals surface area contributed by atoms with Crippen LogP contribution in [0.25, 0.3) is 10.8 Å². The predicted molar refractivity (Wildman–Crippen MR) is 141 cm³/mol. The molecule has 0 unspecified atom stereocenters. The van der Waals surface area contributed by atoms with Crippen molar-refractivity contribution >= 4 is 22.5 Å². The van der Waals surface area contributed by atoms with E-state index in [9.17, 15) is 9.59 Å². The number of aromatic nitrogens is 1. The molecular weight excluding hydrogens is 472 g/mol. The molecule has 196 valence electrons. The summed E-state index contributed by atoms with van der Waals surface area (Å²) < 4.78 is 22.2. The first-order valence-electron chi connectivity index (χ1n) is 12.6. The first-order chi connectivity index (χ1) is 17.9. The van der Waals surface area contributed by atoms with Crippen LogP contribution in [0.2, 0.25) is 0 Å². The maximum atomic E-state index is 13.6. The molecule has 0 N–H and O–H groups in total. The van der Waals surface area contributed by atoms with Crippen molar-refractivity contribution in [1.82, 2.24) is 9.88 Å². The van der Waals surface area contributed by atoms with Crippen LogP contribution in [-0.2, 0) is 16.0 Å². The summed E-state index contributed by atoms with van der Waals surface area (Å²) in [5.74, 6) is 1.64. The largest absolute Gasteiger partial charge is 0.493 e. The Morgan fingerprint density at radius 1 is 1.03 bits per heavy atom. The van der Waals surface area contributed by atoms with Crippen LogP contribution in [0.3, 0.4) is 0 Å². The molecule has 3 aromatic rings. The molecule has 37 heavy (non-hydrogen) atoms. The summed E-state index contributed by atoms with van der Waals surface area (Å²) in [6, 6.07) is 10.8. The van der Waals surface area contributed by atoms with Gasteiger partial charge in [-0.25, -0.2) is 0 Å². The quantitative estimate of drug-likeness (QED) is 0.376. The average Bonchev–Trinajstić information content (AvgIpc) is 2.92. The van der Waals surface area contributed by atoms with Crippen LogP contribution in [0.4, 0.5) is 0 Å². The normalized spacial score (nSPS) is 13.6. The fraction of sp³-hybridized carbons (Fsp3) is 0.414. The molecule has 1 amide bonds. The van der Waals surface area contributed by atoms with Crippen LogP contribution in [0.15, 0.2) is 42.6 Å². The van der Waals surface area contributed by atoms with E-state index in [0.717, 1.165) is 10.9 Å². The number of rotatable bonds is 10. The molecule has 1 aliphatic heterocycles. The van der Waals surface area contributed by atoms with Gasteiger partial charge in [-0.05, 0) is 61.9 Å². The molecule has 0 saturated carbocycles. The van der Waals surface area contributed by atoms with Crippen molar-refractivity contribution in [3.05, 3.63) is 59.4 Å². The molecule has 2 aromatic carbocycles. The molecule has 4 rings (SSSR count). The van der Waals surface area contributed by atoms with Crippen LogP contribution < -0.4 is 14.2 Å². The topological polar surface area (TPSA) is 87.2 Å². The minimum Gasteiger partial charge on any atom is -0.493 e. The Morgan fingerprint density at radius 2 is 1.73 bits per heavy atom. The molecule has 0 radical (unpaired) electrons. The first kappa shape index (κ1) is 26.4. The third-order valence-corrected chi connectivity index (χ3v) is 6.36. The van der Waals surface area contributed by atoms with E-state index in [1.807, 2.05) is 30.9 Å². The molecule has 8 nitrogen and oxygen atoms in total. The summed E-state index contributed by atoms with van der Waals surface area (Å²) in [6.45, 7) is 6.34. The number of amides is 1. The Bertz CT molecular complexity index is 1270. The van der Waals surface area contributed by atoms with Gasteiger partial charge in [0.15, 0.2) is 11.5 Å². The fourth-order valence-electron chi connectivity index (χ4n) is 4.52. The van der Waals surface area contributed by atoms with Crippen molar-refractivity contribution in [3.8, 4) is 17.2 Å². The highest BCUT2D eigenvalue weighted by Crippen LogP contribution is 2.36. The summed E-state index contributed by atoms with van der Waals surface area (Å²) >= 11 is 0. The highest BCUT2D eigenvalue weighted by atomic mass is 16.5. The summed E-state index contributed by atoms with van der Waals surface area (Å²) in [5.41, 5.74) is 1.76. The fourth-order valence-corrected chi connectivity index (χ4v) is 4.52. The number of ketones is 1. The van der Waals surface area contributed by atoms with Gasteiger partial charge in [-0.1, -0.05) is 12.1 Å². The molecule has 1 aliphatic rings. The average molecular weight is 507 g/mol. The number of fused-ring (bicyclic) bond motifs is 1. The number of aryl methyl sites for hydroxylation is 1. The summed E-state index contributed by atoms with van der Waals surface area (Å²) in [4.78, 5) is 32.6. The predicted octanol–water partition coefficient (Wildman–Crippen LogP) is 4.45. The SMILES string of the molecule is COc1cc2c(CCCC(=O)N3CCOCC3)cnc(C(=O)c3cccc(OC(C)C)c3)c2cc1OC. The van der Waals surface area contributed by atoms with Gasteiger partial charge >= 0.3 is 0 Å². The minimum absolute atomic E-state index is 0.00422. The Morgan fingerprint density at radius 3 is 2.41 bits per heavy atom. The Hall–Kier alpha value is -3.65. The van der Waals surface area contributed by atoms with Gasteiger partial charge in [0.25, 0.3) is 0 Å². The van der Waals surface area contributed by atoms with E-state index >= 15 is 0 Å². The zero-order valence-corrected chi connectivity index (χ0v) is 21.9. The van der Waals surface area contributed by atoms with Gasteiger partial charge in [-0.15, -0.1) is 0 Å². The standard InChI is InChI=1S/C29H34N2O6/c1-19(2)37-22-9-5-7-20(15-22)29(33)28-24-17-26(35-4)25(34-3)16-23(24)21(18-30-28)8-6-10-27(32)31-11-13-36-14-12-31/h5,7,9,15-19H,6,8,10-14H2,1-4H3. The monoisotopic (exact) mass is 506 g/mol. The molecule has 0 atom stereocenters. The maximum absolute atomic E-state index is 13.6. The van der Waals surface area contributed by atoms with Crippen molar-refractivity contribution in [1.29, 1.82) is 0 Å². The highest BCUT2D eigenvalue weighted by Gasteiger charge is 2.21. The van der Waals surface area contributed by atoms with Crippen LogP contribution in [0.1, 0.15) is 48.3 Å². The number of hydrogen-bond donors (Lipinski definition) is 0. The number of carbonyl (C=O) groups is 2. The van der Waals surface area contributed by atoms with Gasteiger partial charge in [0.2, 0.25) is 11.7 Å². The van der Waals surface area contributed by atoms with Gasteiger partial charge in [0, 0.05) is 36.7 Å². The zero-order valence-electron chi connectivity index (χ0n) is 21.9. The van der Waals surface area contributed by atoms with Crippen LogP contribution >= 0.6 is 0 Å². The summed E-state index contributed by atoms with van der Waals surface area (Å²) in [6.07, 6.45) is 3.48. The van der Waals surface area contributed by atoms with Crippen molar-refractivity contribution in [2.24, 2.45) is 0 Å². The van der Waals surface area contributed by atoms with E-state index in [4.69, 9.17) is 18.9 Å². The van der Waals surface area contributed by atoms with Crippen LogP contribution in [-0.4, -0.2) is 68.2 Å². The number of benzene rings is 2. The number of hydrogen-bond acceptors (Lipinski definition) is 7. The molecular formula is C29H34N2O6. The third-order valence-electron chi connectivity index (χ3n) is 6.36. The first-order valence-corrected chi connectivity index (χ1v) is 12.6. The number of nitrogens with zero attached hydrogens (tertiary/aromatic N) is 2. The van der Waals surface area contributed by atoms with Crippen molar-refractivity contribution in [2.75, 3.05) is 40.5 Å². The lowest BCUT2D eigenvalue weighted by Gasteiger charge is -2.26. The smallest absolute Gasteiger partial charge is 0.222 e. The van der Waals surface area contributed by atoms with Crippen molar-refractivity contribution < 1.29 is 28.5 Å². The molecule has 2 heterocycles. The van der Waals surface area contributed by atoms with Gasteiger partial charge in [0.1, 0.15) is 11.4 Å². The molecule has 0 spiro atoms. The highest BCUT2D eigenvalue weighted by molar-refractivity contribution is 6.15. The Kier molecular flexibility index (Phi) is 8.61. The molecule has 1 saturated heterocycles. The third kappa shape index (κ3) is 6.20. The number of ether oxygens (including phenoxy) is 4. The second-order valence-corrected chi connectivity index (χ2v) is 9.26. The van der Waals surface area contributed by atoms with Crippen molar-refractivity contribution in [3.63, 3.8) is 0 Å². The van der Waals surface area contributed by atoms with Gasteiger partial charge in [-0.2, -0.15) is 0 Å². The summed E-state index contributed by atoms with van der Waals surface area (Å²) in [7, 11) is 3.14. The maximum Gasteiger partial charge on any atom is 0.222 e. The second-order valence-electron chi connectivity index (χ2n) is 9.26. The Labute approximate surface area is 217 Å². The van der Waals surface area contributed by atoms with E-state index in [0.29, 0.717) is 79.5 Å². The van der Waals surface area contributed by atoms with Crippen LogP contribution in [0.5, 0.6) is 17.2 Å². The second kappa shape index (κ2) is 12.1. The Balaban J connectivity index is 1.65. The lowest BCUT2D eigenvalue weighted by Crippen LogP contribution is -2.40. The van der Waals surface area contributed by atoms with E-state index in [1.54, 1.807) is 44.7 Å². The number of methoxy groups -OCH3 is 2. The number of pyridine rings is 1. The van der Waals surface area contributed by atoms with E-state index in [2.05, 4.69) is 4.98 Å². The summed E-state index contributed by atoms with van der Waals surface area (Å²) in [5, 5.41) is 1.53. The molecule has 8 heteroatoms. The molecule has 1 aromatic heterocycles. The minimum atomic E-state index is -0.208. The van der Waals surface area contributed by atoms with E-state index in [1.165, 1.54) is 0 Å². The number of morpholine rings is 1. The van der Waals surface area contributed by atoms with Crippen LogP contribution in [0, 0.1) is 0 Å².